The second kappa shape index (κ2) is 7.42. The highest BCUT2D eigenvalue weighted by Crippen LogP contribution is 2.26. The van der Waals surface area contributed by atoms with Gasteiger partial charge in [0.1, 0.15) is 17.9 Å². The van der Waals surface area contributed by atoms with Crippen LogP contribution in [-0.4, -0.2) is 36.4 Å². The minimum absolute atomic E-state index is 0.258. The lowest BCUT2D eigenvalue weighted by atomic mass is 10.2. The van der Waals surface area contributed by atoms with Crippen molar-refractivity contribution in [3.05, 3.63) is 28.2 Å². The molecule has 1 rings (SSSR count). The minimum atomic E-state index is -4.53. The number of hydrogen-bond acceptors (Lipinski definition) is 3. The molecule has 8 heteroatoms. The quantitative estimate of drug-likeness (QED) is 0.735. The number of alkyl halides is 3. The van der Waals surface area contributed by atoms with Crippen molar-refractivity contribution in [1.82, 2.24) is 4.90 Å². The molecule has 0 radical (unpaired) electrons. The Bertz CT molecular complexity index is 556. The summed E-state index contributed by atoms with van der Waals surface area (Å²) in [5, 5.41) is 0. The third-order valence-electron chi connectivity index (χ3n) is 2.64. The Labute approximate surface area is 141 Å². The average molecular weight is 398 g/mol. The highest BCUT2D eigenvalue weighted by molar-refractivity contribution is 9.10. The molecule has 0 saturated heterocycles. The Morgan fingerprint density at radius 3 is 2.35 bits per heavy atom. The molecule has 130 valence electrons. The zero-order chi connectivity index (χ0) is 17.8. The maximum Gasteiger partial charge on any atom is 0.410 e. The summed E-state index contributed by atoms with van der Waals surface area (Å²) in [6.45, 7) is 3.13. The highest BCUT2D eigenvalue weighted by Gasteiger charge is 2.35. The molecule has 0 N–H and O–H groups in total. The van der Waals surface area contributed by atoms with Gasteiger partial charge in [-0.1, -0.05) is 15.9 Å². The number of methoxy groups -OCH3 is 1. The van der Waals surface area contributed by atoms with Crippen molar-refractivity contribution in [3.63, 3.8) is 0 Å². The predicted molar refractivity (Wildman–Crippen MR) is 83.4 cm³/mol. The summed E-state index contributed by atoms with van der Waals surface area (Å²) in [5.41, 5.74) is -0.397. The number of halogens is 4. The standard InChI is InChI=1S/C15H19BrF3NO3/c1-14(2,3)23-13(21)20(9-15(17,18)19)8-10-7-11(22-4)5-6-12(10)16/h5-7H,8-9H2,1-4H3. The van der Waals surface area contributed by atoms with Crippen molar-refractivity contribution < 1.29 is 27.4 Å². The van der Waals surface area contributed by atoms with Crippen LogP contribution in [0.15, 0.2) is 22.7 Å². The van der Waals surface area contributed by atoms with Crippen LogP contribution < -0.4 is 4.74 Å². The number of carbonyl (C=O) groups excluding carboxylic acids is 1. The van der Waals surface area contributed by atoms with Crippen LogP contribution in [0.2, 0.25) is 0 Å². The molecule has 4 nitrogen and oxygen atoms in total. The number of hydrogen-bond donors (Lipinski definition) is 0. The molecule has 0 spiro atoms. The molecule has 0 heterocycles. The van der Waals surface area contributed by atoms with Gasteiger partial charge in [-0.2, -0.15) is 13.2 Å². The Hall–Kier alpha value is -1.44. The van der Waals surface area contributed by atoms with E-state index in [4.69, 9.17) is 9.47 Å². The van der Waals surface area contributed by atoms with Gasteiger partial charge >= 0.3 is 12.3 Å². The third-order valence-corrected chi connectivity index (χ3v) is 3.41. The number of carbonyl (C=O) groups is 1. The lowest BCUT2D eigenvalue weighted by Crippen LogP contribution is -2.41. The third kappa shape index (κ3) is 7.11. The predicted octanol–water partition coefficient (Wildman–Crippen LogP) is 4.76. The van der Waals surface area contributed by atoms with Crippen LogP contribution in [0.1, 0.15) is 26.3 Å². The normalized spacial score (nSPS) is 12.0. The largest absolute Gasteiger partial charge is 0.497 e. The van der Waals surface area contributed by atoms with Crippen molar-refractivity contribution >= 4 is 22.0 Å². The molecule has 0 aliphatic carbocycles. The van der Waals surface area contributed by atoms with Crippen molar-refractivity contribution in [2.24, 2.45) is 0 Å². The zero-order valence-corrected chi connectivity index (χ0v) is 14.9. The molecule has 23 heavy (non-hydrogen) atoms. The van der Waals surface area contributed by atoms with Crippen molar-refractivity contribution in [2.45, 2.75) is 39.1 Å². The number of nitrogens with zero attached hydrogens (tertiary/aromatic N) is 1. The Kier molecular flexibility index (Phi) is 6.33. The summed E-state index contributed by atoms with van der Waals surface area (Å²) in [6, 6.07) is 4.88. The van der Waals surface area contributed by atoms with E-state index >= 15 is 0 Å². The summed E-state index contributed by atoms with van der Waals surface area (Å²) >= 11 is 3.26. The molecule has 1 amide bonds. The van der Waals surface area contributed by atoms with E-state index in [1.165, 1.54) is 7.11 Å². The topological polar surface area (TPSA) is 38.8 Å². The van der Waals surface area contributed by atoms with E-state index in [2.05, 4.69) is 15.9 Å². The zero-order valence-electron chi connectivity index (χ0n) is 13.3. The maximum absolute atomic E-state index is 12.8. The van der Waals surface area contributed by atoms with Crippen molar-refractivity contribution in [1.29, 1.82) is 0 Å². The van der Waals surface area contributed by atoms with E-state index in [1.54, 1.807) is 39.0 Å². The average Bonchev–Trinajstić information content (AvgIpc) is 2.37. The Morgan fingerprint density at radius 1 is 1.26 bits per heavy atom. The molecule has 0 atom stereocenters. The number of amides is 1. The molecule has 0 unspecified atom stereocenters. The fourth-order valence-corrected chi connectivity index (χ4v) is 2.10. The van der Waals surface area contributed by atoms with Gasteiger partial charge in [-0.25, -0.2) is 4.79 Å². The van der Waals surface area contributed by atoms with Gasteiger partial charge in [0.25, 0.3) is 0 Å². The van der Waals surface area contributed by atoms with Crippen LogP contribution in [0, 0.1) is 0 Å². The molecule has 0 aromatic heterocycles. The first-order chi connectivity index (χ1) is 10.4. The van der Waals surface area contributed by atoms with Crippen LogP contribution in [0.5, 0.6) is 5.75 Å². The second-order valence-electron chi connectivity index (χ2n) is 5.91. The summed E-state index contributed by atoms with van der Waals surface area (Å²) in [6.07, 6.45) is -5.55. The number of benzene rings is 1. The summed E-state index contributed by atoms with van der Waals surface area (Å²) in [5.74, 6) is 0.486. The second-order valence-corrected chi connectivity index (χ2v) is 6.76. The molecular formula is C15H19BrF3NO3. The molecule has 1 aromatic carbocycles. The van der Waals surface area contributed by atoms with Crippen LogP contribution >= 0.6 is 15.9 Å². The lowest BCUT2D eigenvalue weighted by molar-refractivity contribution is -0.145. The van der Waals surface area contributed by atoms with Crippen molar-refractivity contribution in [3.8, 4) is 5.75 Å². The molecule has 0 fully saturated rings. The Morgan fingerprint density at radius 2 is 1.87 bits per heavy atom. The molecule has 0 aliphatic heterocycles. The van der Waals surface area contributed by atoms with Crippen LogP contribution in [0.3, 0.4) is 0 Å². The van der Waals surface area contributed by atoms with Gasteiger partial charge in [-0.05, 0) is 44.5 Å². The van der Waals surface area contributed by atoms with Gasteiger partial charge in [0.15, 0.2) is 0 Å². The smallest absolute Gasteiger partial charge is 0.410 e. The fraction of sp³-hybridized carbons (Fsp3) is 0.533. The van der Waals surface area contributed by atoms with E-state index in [1.807, 2.05) is 0 Å². The Balaban J connectivity index is 3.03. The van der Waals surface area contributed by atoms with Gasteiger partial charge in [0.05, 0.1) is 13.7 Å². The molecule has 0 saturated carbocycles. The van der Waals surface area contributed by atoms with E-state index in [9.17, 15) is 18.0 Å². The van der Waals surface area contributed by atoms with Gasteiger partial charge in [0, 0.05) is 4.47 Å². The van der Waals surface area contributed by atoms with E-state index in [0.29, 0.717) is 20.7 Å². The van der Waals surface area contributed by atoms with Gasteiger partial charge in [-0.3, -0.25) is 4.90 Å². The highest BCUT2D eigenvalue weighted by atomic mass is 79.9. The monoisotopic (exact) mass is 397 g/mol. The first-order valence-corrected chi connectivity index (χ1v) is 7.57. The summed E-state index contributed by atoms with van der Waals surface area (Å²) in [4.78, 5) is 12.7. The summed E-state index contributed by atoms with van der Waals surface area (Å²) < 4.78 is 49.0. The van der Waals surface area contributed by atoms with Crippen LogP contribution in [0.25, 0.3) is 0 Å². The SMILES string of the molecule is COc1ccc(Br)c(CN(CC(F)(F)F)C(=O)OC(C)(C)C)c1. The van der Waals surface area contributed by atoms with E-state index < -0.39 is 24.4 Å². The van der Waals surface area contributed by atoms with Crippen molar-refractivity contribution in [2.75, 3.05) is 13.7 Å². The maximum atomic E-state index is 12.8. The molecular weight excluding hydrogens is 379 g/mol. The number of ether oxygens (including phenoxy) is 2. The van der Waals surface area contributed by atoms with Crippen LogP contribution in [0.4, 0.5) is 18.0 Å². The van der Waals surface area contributed by atoms with E-state index in [0.717, 1.165) is 0 Å². The fourth-order valence-electron chi connectivity index (χ4n) is 1.73. The lowest BCUT2D eigenvalue weighted by Gasteiger charge is -2.28. The van der Waals surface area contributed by atoms with E-state index in [-0.39, 0.29) is 6.54 Å². The first kappa shape index (κ1) is 19.6. The van der Waals surface area contributed by atoms with Gasteiger partial charge < -0.3 is 9.47 Å². The van der Waals surface area contributed by atoms with Gasteiger partial charge in [-0.15, -0.1) is 0 Å². The molecule has 1 aromatic rings. The minimum Gasteiger partial charge on any atom is -0.497 e. The van der Waals surface area contributed by atoms with Crippen LogP contribution in [-0.2, 0) is 11.3 Å². The van der Waals surface area contributed by atoms with Gasteiger partial charge in [0.2, 0.25) is 0 Å². The molecule has 0 aliphatic rings. The first-order valence-electron chi connectivity index (χ1n) is 6.78. The number of rotatable bonds is 4. The summed E-state index contributed by atoms with van der Waals surface area (Å²) in [7, 11) is 1.45. The molecule has 0 bridgehead atoms.